The highest BCUT2D eigenvalue weighted by molar-refractivity contribution is 5.52. The van der Waals surface area contributed by atoms with Gasteiger partial charge in [-0.1, -0.05) is 0 Å². The Morgan fingerprint density at radius 2 is 2.46 bits per heavy atom. The molecule has 1 aromatic heterocycles. The molecule has 1 aliphatic rings. The summed E-state index contributed by atoms with van der Waals surface area (Å²) in [6, 6.07) is 0. The van der Waals surface area contributed by atoms with Crippen LogP contribution in [0, 0.1) is 10.1 Å². The molecule has 0 radical (unpaired) electrons. The molecule has 6 heteroatoms. The van der Waals surface area contributed by atoms with E-state index in [1.54, 1.807) is 28.9 Å². The van der Waals surface area contributed by atoms with Gasteiger partial charge in [-0.2, -0.15) is 0 Å². The van der Waals surface area contributed by atoms with Gasteiger partial charge >= 0.3 is 5.70 Å². The van der Waals surface area contributed by atoms with Crippen molar-refractivity contribution in [3.05, 3.63) is 34.5 Å². The fraction of sp³-hybridized carbons (Fsp3) is 0.286. The summed E-state index contributed by atoms with van der Waals surface area (Å²) in [5.41, 5.74) is 0.0405. The van der Waals surface area contributed by atoms with Gasteiger partial charge in [0.1, 0.15) is 0 Å². The zero-order chi connectivity index (χ0) is 9.42. The number of aromatic nitrogens is 2. The third-order valence-corrected chi connectivity index (χ3v) is 1.86. The van der Waals surface area contributed by atoms with Crippen molar-refractivity contribution in [3.63, 3.8) is 0 Å². The van der Waals surface area contributed by atoms with Gasteiger partial charge in [-0.15, -0.1) is 0 Å². The first-order chi connectivity index (χ1) is 6.18. The highest BCUT2D eigenvalue weighted by atomic mass is 16.6. The molecule has 2 heterocycles. The average molecular weight is 180 g/mol. The maximum absolute atomic E-state index is 10.6. The predicted octanol–water partition coefficient (Wildman–Crippen LogP) is 0.361. The first-order valence-corrected chi connectivity index (χ1v) is 3.76. The smallest absolute Gasteiger partial charge is 0.327 e. The lowest BCUT2D eigenvalue weighted by molar-refractivity contribution is -0.377. The minimum Gasteiger partial charge on any atom is -0.357 e. The van der Waals surface area contributed by atoms with Crippen molar-refractivity contribution in [1.82, 2.24) is 14.5 Å². The lowest BCUT2D eigenvalue weighted by atomic mass is 10.4. The van der Waals surface area contributed by atoms with Gasteiger partial charge in [0.25, 0.3) is 0 Å². The van der Waals surface area contributed by atoms with Crippen LogP contribution in [0.15, 0.2) is 18.6 Å². The molecule has 0 saturated heterocycles. The molecule has 68 valence electrons. The Hall–Kier alpha value is -1.85. The van der Waals surface area contributed by atoms with Crippen LogP contribution in [-0.2, 0) is 6.67 Å². The van der Waals surface area contributed by atoms with Crippen LogP contribution in [0.5, 0.6) is 0 Å². The molecule has 1 aliphatic heterocycles. The number of nitro groups is 1. The van der Waals surface area contributed by atoms with Crippen molar-refractivity contribution in [1.29, 1.82) is 0 Å². The van der Waals surface area contributed by atoms with Crippen LogP contribution in [-0.4, -0.2) is 26.4 Å². The molecule has 0 spiro atoms. The Morgan fingerprint density at radius 1 is 1.69 bits per heavy atom. The summed E-state index contributed by atoms with van der Waals surface area (Å²) in [6.45, 7) is 0.604. The molecule has 1 aromatic rings. The van der Waals surface area contributed by atoms with Gasteiger partial charge < -0.3 is 9.47 Å². The first kappa shape index (κ1) is 7.78. The molecular weight excluding hydrogens is 172 g/mol. The van der Waals surface area contributed by atoms with Crippen molar-refractivity contribution < 1.29 is 4.92 Å². The molecule has 2 rings (SSSR count). The molecule has 0 aromatic carbocycles. The van der Waals surface area contributed by atoms with E-state index in [-0.39, 0.29) is 5.70 Å². The number of imidazole rings is 1. The fourth-order valence-electron chi connectivity index (χ4n) is 1.33. The van der Waals surface area contributed by atoms with Crippen molar-refractivity contribution in [2.45, 2.75) is 6.67 Å². The van der Waals surface area contributed by atoms with Crippen molar-refractivity contribution >= 4 is 5.70 Å². The van der Waals surface area contributed by atoms with Crippen LogP contribution in [0.1, 0.15) is 5.82 Å². The summed E-state index contributed by atoms with van der Waals surface area (Å²) in [4.78, 5) is 15.9. The maximum atomic E-state index is 10.6. The second kappa shape index (κ2) is 2.58. The molecule has 0 amide bonds. The predicted molar refractivity (Wildman–Crippen MR) is 45.0 cm³/mol. The Morgan fingerprint density at radius 3 is 3.15 bits per heavy atom. The Labute approximate surface area is 74.2 Å². The van der Waals surface area contributed by atoms with Gasteiger partial charge in [-0.05, 0) is 0 Å². The van der Waals surface area contributed by atoms with E-state index in [0.717, 1.165) is 0 Å². The highest BCUT2D eigenvalue weighted by Crippen LogP contribution is 2.18. The monoisotopic (exact) mass is 180 g/mol. The molecule has 0 N–H and O–H groups in total. The van der Waals surface area contributed by atoms with Crippen LogP contribution < -0.4 is 0 Å². The van der Waals surface area contributed by atoms with Crippen molar-refractivity contribution in [2.24, 2.45) is 0 Å². The largest absolute Gasteiger partial charge is 0.357 e. The van der Waals surface area contributed by atoms with Gasteiger partial charge in [-0.3, -0.25) is 10.1 Å². The molecule has 0 bridgehead atoms. The van der Waals surface area contributed by atoms with Gasteiger partial charge in [0, 0.05) is 19.4 Å². The van der Waals surface area contributed by atoms with Gasteiger partial charge in [0.05, 0.1) is 17.8 Å². The number of hydrogen-bond acceptors (Lipinski definition) is 4. The van der Waals surface area contributed by atoms with Crippen LogP contribution in [0.4, 0.5) is 0 Å². The van der Waals surface area contributed by atoms with Crippen LogP contribution >= 0.6 is 0 Å². The zero-order valence-corrected chi connectivity index (χ0v) is 7.04. The van der Waals surface area contributed by atoms with E-state index in [4.69, 9.17) is 0 Å². The molecule has 13 heavy (non-hydrogen) atoms. The summed E-state index contributed by atoms with van der Waals surface area (Å²) < 4.78 is 1.73. The van der Waals surface area contributed by atoms with Crippen molar-refractivity contribution in [3.8, 4) is 0 Å². The van der Waals surface area contributed by atoms with Gasteiger partial charge in [0.15, 0.2) is 0 Å². The molecule has 0 aliphatic carbocycles. The van der Waals surface area contributed by atoms with E-state index < -0.39 is 4.92 Å². The Bertz CT molecular complexity index is 382. The Balaban J connectivity index is 2.51. The molecular formula is C7H8N4O2. The second-order valence-electron chi connectivity index (χ2n) is 2.89. The molecule has 0 saturated carbocycles. The minimum atomic E-state index is -0.422. The standard InChI is InChI=1S/C7H8N4O2/c1-9-4-6(11(12)13)7-8-2-3-10(7)5-9/h2-4H,5H2,1H3. The van der Waals surface area contributed by atoms with Crippen LogP contribution in [0.3, 0.4) is 0 Å². The lowest BCUT2D eigenvalue weighted by Crippen LogP contribution is -2.24. The third-order valence-electron chi connectivity index (χ3n) is 1.86. The molecule has 0 fully saturated rings. The van der Waals surface area contributed by atoms with E-state index in [1.165, 1.54) is 6.20 Å². The summed E-state index contributed by atoms with van der Waals surface area (Å²) in [6.07, 6.45) is 4.77. The summed E-state index contributed by atoms with van der Waals surface area (Å²) in [7, 11) is 1.78. The maximum Gasteiger partial charge on any atom is 0.327 e. The van der Waals surface area contributed by atoms with E-state index >= 15 is 0 Å². The van der Waals surface area contributed by atoms with Gasteiger partial charge in [-0.25, -0.2) is 4.98 Å². The number of rotatable bonds is 1. The number of nitrogens with zero attached hydrogens (tertiary/aromatic N) is 4. The zero-order valence-electron chi connectivity index (χ0n) is 7.04. The third kappa shape index (κ3) is 1.16. The van der Waals surface area contributed by atoms with Crippen LogP contribution in [0.25, 0.3) is 5.70 Å². The highest BCUT2D eigenvalue weighted by Gasteiger charge is 2.24. The Kier molecular flexibility index (Phi) is 1.54. The fourth-order valence-corrected chi connectivity index (χ4v) is 1.33. The normalized spacial score (nSPS) is 15.2. The molecule has 0 atom stereocenters. The number of hydrogen-bond donors (Lipinski definition) is 0. The van der Waals surface area contributed by atoms with E-state index in [1.807, 2.05) is 0 Å². The second-order valence-corrected chi connectivity index (χ2v) is 2.89. The minimum absolute atomic E-state index is 0.0405. The van der Waals surface area contributed by atoms with E-state index in [0.29, 0.717) is 12.5 Å². The summed E-state index contributed by atoms with van der Waals surface area (Å²) in [5, 5.41) is 10.6. The number of fused-ring (bicyclic) bond motifs is 1. The quantitative estimate of drug-likeness (QED) is 0.462. The first-order valence-electron chi connectivity index (χ1n) is 3.76. The topological polar surface area (TPSA) is 64.2 Å². The summed E-state index contributed by atoms with van der Waals surface area (Å²) >= 11 is 0. The van der Waals surface area contributed by atoms with Gasteiger partial charge in [0.2, 0.25) is 5.82 Å². The average Bonchev–Trinajstić information content (AvgIpc) is 2.49. The SMILES string of the molecule is CN1C=C([N+](=O)[O-])c2nccn2C1. The van der Waals surface area contributed by atoms with E-state index in [2.05, 4.69) is 4.98 Å². The molecule has 0 unspecified atom stereocenters. The van der Waals surface area contributed by atoms with E-state index in [9.17, 15) is 10.1 Å². The van der Waals surface area contributed by atoms with Crippen LogP contribution in [0.2, 0.25) is 0 Å². The van der Waals surface area contributed by atoms with Crippen molar-refractivity contribution in [2.75, 3.05) is 7.05 Å². The molecule has 6 nitrogen and oxygen atoms in total. The lowest BCUT2D eigenvalue weighted by Gasteiger charge is -2.19. The summed E-state index contributed by atoms with van der Waals surface area (Å²) in [5.74, 6) is 0.420.